The van der Waals surface area contributed by atoms with E-state index in [4.69, 9.17) is 18.0 Å². The van der Waals surface area contributed by atoms with E-state index in [0.29, 0.717) is 6.54 Å². The van der Waals surface area contributed by atoms with E-state index in [1.165, 1.54) is 12.1 Å². The number of amides is 1. The number of benzene rings is 1. The Balaban J connectivity index is 2.95. The summed E-state index contributed by atoms with van der Waals surface area (Å²) < 4.78 is 26.3. The lowest BCUT2D eigenvalue weighted by atomic mass is 10.2. The zero-order chi connectivity index (χ0) is 14.5. The molecule has 0 aliphatic carbocycles. The molecule has 0 aliphatic rings. The van der Waals surface area contributed by atoms with Crippen molar-refractivity contribution in [1.29, 1.82) is 0 Å². The summed E-state index contributed by atoms with van der Waals surface area (Å²) in [6, 6.07) is 6.09. The summed E-state index contributed by atoms with van der Waals surface area (Å²) in [5.74, 6) is -0.404. The summed E-state index contributed by atoms with van der Waals surface area (Å²) in [4.78, 5) is 11.2. The highest BCUT2D eigenvalue weighted by atomic mass is 32.2. The number of nitrogens with one attached hydrogen (secondary N) is 2. The van der Waals surface area contributed by atoms with Gasteiger partial charge in [0.1, 0.15) is 4.99 Å². The number of hydrogen-bond donors (Lipinski definition) is 3. The fourth-order valence-corrected chi connectivity index (χ4v) is 2.85. The Hall–Kier alpha value is -1.51. The lowest BCUT2D eigenvalue weighted by Gasteiger charge is -2.10. The van der Waals surface area contributed by atoms with Crippen LogP contribution in [0.1, 0.15) is 12.5 Å². The molecule has 104 valence electrons. The number of hydrogen-bond acceptors (Lipinski definition) is 4. The van der Waals surface area contributed by atoms with E-state index in [1.54, 1.807) is 19.1 Å². The van der Waals surface area contributed by atoms with E-state index in [9.17, 15) is 13.2 Å². The van der Waals surface area contributed by atoms with Crippen LogP contribution in [0.4, 0.5) is 0 Å². The van der Waals surface area contributed by atoms with Crippen molar-refractivity contribution in [1.82, 2.24) is 10.0 Å². The highest BCUT2D eigenvalue weighted by Gasteiger charge is 2.19. The molecular formula is C11H15N3O3S2. The van der Waals surface area contributed by atoms with Crippen molar-refractivity contribution in [2.24, 2.45) is 5.73 Å². The fourth-order valence-electron chi connectivity index (χ4n) is 1.40. The molecule has 19 heavy (non-hydrogen) atoms. The third kappa shape index (κ3) is 4.27. The van der Waals surface area contributed by atoms with Crippen LogP contribution in [0.5, 0.6) is 0 Å². The predicted octanol–water partition coefficient (Wildman–Crippen LogP) is -0.265. The summed E-state index contributed by atoms with van der Waals surface area (Å²) in [5.41, 5.74) is 5.73. The van der Waals surface area contributed by atoms with Crippen LogP contribution in [0.3, 0.4) is 0 Å². The Labute approximate surface area is 117 Å². The second-order valence-electron chi connectivity index (χ2n) is 3.64. The third-order valence-electron chi connectivity index (χ3n) is 2.24. The molecule has 1 aromatic carbocycles. The van der Waals surface area contributed by atoms with Crippen molar-refractivity contribution in [3.63, 3.8) is 0 Å². The average Bonchev–Trinajstić information content (AvgIpc) is 2.37. The molecule has 8 heteroatoms. The maximum Gasteiger partial charge on any atom is 0.241 e. The molecule has 0 fully saturated rings. The zero-order valence-electron chi connectivity index (χ0n) is 10.3. The molecule has 0 heterocycles. The van der Waals surface area contributed by atoms with Gasteiger partial charge in [0.25, 0.3) is 0 Å². The monoisotopic (exact) mass is 301 g/mol. The Morgan fingerprint density at radius 1 is 1.37 bits per heavy atom. The second kappa shape index (κ2) is 6.60. The van der Waals surface area contributed by atoms with Crippen LogP contribution in [0.2, 0.25) is 0 Å². The van der Waals surface area contributed by atoms with E-state index < -0.39 is 15.9 Å². The maximum atomic E-state index is 12.1. The number of sulfonamides is 1. The second-order valence-corrected chi connectivity index (χ2v) is 5.81. The molecule has 0 aromatic heterocycles. The van der Waals surface area contributed by atoms with E-state index in [0.717, 1.165) is 0 Å². The third-order valence-corrected chi connectivity index (χ3v) is 3.92. The molecule has 4 N–H and O–H groups in total. The highest BCUT2D eigenvalue weighted by molar-refractivity contribution is 7.89. The van der Waals surface area contributed by atoms with Crippen LogP contribution in [0.15, 0.2) is 29.2 Å². The van der Waals surface area contributed by atoms with Gasteiger partial charge in [-0.3, -0.25) is 4.79 Å². The summed E-state index contributed by atoms with van der Waals surface area (Å²) >= 11 is 4.80. The Morgan fingerprint density at radius 3 is 2.58 bits per heavy atom. The summed E-state index contributed by atoms with van der Waals surface area (Å²) in [5, 5.41) is 2.49. The predicted molar refractivity (Wildman–Crippen MR) is 76.2 cm³/mol. The minimum atomic E-state index is -3.83. The fraction of sp³-hybridized carbons (Fsp3) is 0.273. The first-order chi connectivity index (χ1) is 8.88. The van der Waals surface area contributed by atoms with Crippen molar-refractivity contribution in [2.75, 3.05) is 13.1 Å². The van der Waals surface area contributed by atoms with Gasteiger partial charge in [0.15, 0.2) is 0 Å². The lowest BCUT2D eigenvalue weighted by molar-refractivity contribution is -0.119. The van der Waals surface area contributed by atoms with Gasteiger partial charge in [0.05, 0.1) is 11.4 Å². The van der Waals surface area contributed by atoms with Crippen LogP contribution in [0, 0.1) is 0 Å². The summed E-state index contributed by atoms with van der Waals surface area (Å²) in [7, 11) is -3.83. The molecule has 0 bridgehead atoms. The normalized spacial score (nSPS) is 11.0. The molecule has 0 aliphatic heterocycles. The first kappa shape index (κ1) is 15.5. The van der Waals surface area contributed by atoms with E-state index >= 15 is 0 Å². The van der Waals surface area contributed by atoms with Crippen molar-refractivity contribution < 1.29 is 13.2 Å². The van der Waals surface area contributed by atoms with Crippen LogP contribution >= 0.6 is 12.2 Å². The van der Waals surface area contributed by atoms with Crippen molar-refractivity contribution >= 4 is 33.1 Å². The largest absolute Gasteiger partial charge is 0.389 e. The van der Waals surface area contributed by atoms with Gasteiger partial charge in [-0.15, -0.1) is 0 Å². The Bertz CT molecular complexity index is 585. The van der Waals surface area contributed by atoms with E-state index in [2.05, 4.69) is 10.0 Å². The van der Waals surface area contributed by atoms with Gasteiger partial charge in [-0.25, -0.2) is 13.1 Å². The molecule has 1 rings (SSSR count). The van der Waals surface area contributed by atoms with Crippen LogP contribution in [-0.4, -0.2) is 32.4 Å². The lowest BCUT2D eigenvalue weighted by Crippen LogP contribution is -2.37. The molecular weight excluding hydrogens is 286 g/mol. The van der Waals surface area contributed by atoms with Gasteiger partial charge in [0, 0.05) is 12.1 Å². The first-order valence-corrected chi connectivity index (χ1v) is 7.43. The number of thiocarbonyl (C=S) groups is 1. The van der Waals surface area contributed by atoms with Gasteiger partial charge >= 0.3 is 0 Å². The molecule has 0 unspecified atom stereocenters. The van der Waals surface area contributed by atoms with Crippen LogP contribution < -0.4 is 15.8 Å². The number of carbonyl (C=O) groups is 1. The highest BCUT2D eigenvalue weighted by Crippen LogP contribution is 2.14. The van der Waals surface area contributed by atoms with E-state index in [1.807, 2.05) is 0 Å². The van der Waals surface area contributed by atoms with Gasteiger partial charge in [-0.2, -0.15) is 0 Å². The minimum absolute atomic E-state index is 0.0148. The average molecular weight is 301 g/mol. The number of rotatable bonds is 6. The van der Waals surface area contributed by atoms with Crippen LogP contribution in [0.25, 0.3) is 0 Å². The summed E-state index contributed by atoms with van der Waals surface area (Å²) in [6.07, 6.45) is 0. The maximum absolute atomic E-state index is 12.1. The number of nitrogens with two attached hydrogens (primary N) is 1. The van der Waals surface area contributed by atoms with Gasteiger partial charge in [-0.1, -0.05) is 30.4 Å². The van der Waals surface area contributed by atoms with Crippen molar-refractivity contribution in [3.8, 4) is 0 Å². The first-order valence-electron chi connectivity index (χ1n) is 5.53. The van der Waals surface area contributed by atoms with Gasteiger partial charge in [-0.05, 0) is 13.0 Å². The van der Waals surface area contributed by atoms with Crippen molar-refractivity contribution in [2.45, 2.75) is 11.8 Å². The summed E-state index contributed by atoms with van der Waals surface area (Å²) in [6.45, 7) is 1.85. The SMILES string of the molecule is CCNC(=O)CNS(=O)(=O)c1ccccc1C(N)=S. The zero-order valence-corrected chi connectivity index (χ0v) is 12.0. The Kier molecular flexibility index (Phi) is 5.40. The molecule has 0 saturated heterocycles. The molecule has 0 spiro atoms. The molecule has 0 atom stereocenters. The number of likely N-dealkylation sites (N-methyl/N-ethyl adjacent to an activating group) is 1. The Morgan fingerprint density at radius 2 is 2.00 bits per heavy atom. The molecule has 1 amide bonds. The van der Waals surface area contributed by atoms with Crippen molar-refractivity contribution in [3.05, 3.63) is 29.8 Å². The standard InChI is InChI=1S/C11H15N3O3S2/c1-2-13-10(15)7-14-19(16,17)9-6-4-3-5-8(9)11(12)18/h3-6,14H,2,7H2,1H3,(H2,12,18)(H,13,15). The smallest absolute Gasteiger partial charge is 0.241 e. The van der Waals surface area contributed by atoms with Gasteiger partial charge < -0.3 is 11.1 Å². The molecule has 0 saturated carbocycles. The minimum Gasteiger partial charge on any atom is -0.389 e. The molecule has 0 radical (unpaired) electrons. The molecule has 1 aromatic rings. The van der Waals surface area contributed by atoms with E-state index in [-0.39, 0.29) is 22.0 Å². The topological polar surface area (TPSA) is 101 Å². The molecule has 6 nitrogen and oxygen atoms in total. The number of carbonyl (C=O) groups excluding carboxylic acids is 1. The van der Waals surface area contributed by atoms with Crippen LogP contribution in [-0.2, 0) is 14.8 Å². The quantitative estimate of drug-likeness (QED) is 0.628. The van der Waals surface area contributed by atoms with Gasteiger partial charge in [0.2, 0.25) is 15.9 Å².